The van der Waals surface area contributed by atoms with Crippen LogP contribution in [0.4, 0.5) is 39.1 Å². The van der Waals surface area contributed by atoms with Crippen molar-refractivity contribution < 1.29 is 31.5 Å². The van der Waals surface area contributed by atoms with Gasteiger partial charge in [-0.25, -0.2) is 13.8 Å². The molecule has 5 rings (SSSR count). The number of carbonyl (C=O) groups excluding carboxylic acids is 1. The Hall–Kier alpha value is -4.04. The number of carbonyl (C=O) groups is 1. The lowest BCUT2D eigenvalue weighted by Crippen LogP contribution is -2.55. The molecule has 0 unspecified atom stereocenters. The second kappa shape index (κ2) is 12.2. The second-order valence-corrected chi connectivity index (χ2v) is 11.3. The fraction of sp³-hybridized carbons (Fsp3) is 0.433. The first-order valence-corrected chi connectivity index (χ1v) is 14.2. The number of benzene rings is 1. The molecule has 236 valence electrons. The summed E-state index contributed by atoms with van der Waals surface area (Å²) in [5.41, 5.74) is -4.39. The Kier molecular flexibility index (Phi) is 8.67. The number of amides is 1. The van der Waals surface area contributed by atoms with E-state index in [-0.39, 0.29) is 35.5 Å². The van der Waals surface area contributed by atoms with E-state index in [9.17, 15) is 22.8 Å². The van der Waals surface area contributed by atoms with Crippen molar-refractivity contribution in [2.45, 2.75) is 45.1 Å². The fourth-order valence-corrected chi connectivity index (χ4v) is 5.66. The maximum atomic E-state index is 16.5. The van der Waals surface area contributed by atoms with Gasteiger partial charge in [0.25, 0.3) is 5.91 Å². The maximum absolute atomic E-state index is 16.5. The first-order valence-electron chi connectivity index (χ1n) is 14.2. The number of alkyl halides is 3. The van der Waals surface area contributed by atoms with Gasteiger partial charge in [0.05, 0.1) is 35.1 Å². The van der Waals surface area contributed by atoms with E-state index in [0.29, 0.717) is 44.8 Å². The van der Waals surface area contributed by atoms with E-state index in [0.717, 1.165) is 6.07 Å². The highest BCUT2D eigenvalue weighted by atomic mass is 19.4. The van der Waals surface area contributed by atoms with Crippen LogP contribution in [0.3, 0.4) is 0 Å². The summed E-state index contributed by atoms with van der Waals surface area (Å²) in [6, 6.07) is 4.38. The number of hydrogen-bond acceptors (Lipinski definition) is 7. The van der Waals surface area contributed by atoms with Gasteiger partial charge in [0.15, 0.2) is 5.82 Å². The molecule has 0 aliphatic carbocycles. The minimum atomic E-state index is -5.04. The van der Waals surface area contributed by atoms with Gasteiger partial charge in [-0.2, -0.15) is 13.2 Å². The van der Waals surface area contributed by atoms with Crippen LogP contribution in [0.15, 0.2) is 41.5 Å². The third-order valence-electron chi connectivity index (χ3n) is 8.21. The Morgan fingerprint density at radius 1 is 1.07 bits per heavy atom. The number of rotatable bonds is 5. The van der Waals surface area contributed by atoms with Gasteiger partial charge < -0.3 is 24.8 Å². The molecule has 14 heteroatoms. The van der Waals surface area contributed by atoms with Gasteiger partial charge in [-0.05, 0) is 40.0 Å². The number of morpholine rings is 1. The van der Waals surface area contributed by atoms with Crippen molar-refractivity contribution >= 4 is 23.1 Å². The van der Waals surface area contributed by atoms with Gasteiger partial charge in [-0.15, -0.1) is 0 Å². The maximum Gasteiger partial charge on any atom is 0.417 e. The van der Waals surface area contributed by atoms with E-state index in [4.69, 9.17) is 4.74 Å². The number of H-pyrrole nitrogens is 1. The van der Waals surface area contributed by atoms with E-state index in [1.165, 1.54) is 12.3 Å². The highest BCUT2D eigenvalue weighted by Gasteiger charge is 2.37. The van der Waals surface area contributed by atoms with Crippen molar-refractivity contribution in [3.8, 4) is 11.1 Å². The highest BCUT2D eigenvalue weighted by Crippen LogP contribution is 2.40. The van der Waals surface area contributed by atoms with Crippen LogP contribution < -0.4 is 20.7 Å². The number of nitrogens with one attached hydrogen (secondary N) is 2. The van der Waals surface area contributed by atoms with Crippen molar-refractivity contribution in [2.24, 2.45) is 0 Å². The van der Waals surface area contributed by atoms with Crippen molar-refractivity contribution in [2.75, 3.05) is 55.0 Å². The molecule has 0 bridgehead atoms. The molecular weight excluding hydrogens is 587 g/mol. The van der Waals surface area contributed by atoms with Crippen molar-refractivity contribution in [3.63, 3.8) is 0 Å². The number of likely N-dealkylation sites (N-methyl/N-ethyl adjacent to an activating group) is 1. The summed E-state index contributed by atoms with van der Waals surface area (Å²) < 4.78 is 79.0. The monoisotopic (exact) mass is 620 g/mol. The number of aromatic amines is 1. The largest absolute Gasteiger partial charge is 0.417 e. The van der Waals surface area contributed by atoms with Crippen molar-refractivity contribution in [3.05, 3.63) is 69.8 Å². The first-order chi connectivity index (χ1) is 20.7. The molecule has 2 saturated heterocycles. The summed E-state index contributed by atoms with van der Waals surface area (Å²) >= 11 is 0. The molecule has 44 heavy (non-hydrogen) atoms. The molecular formula is C30H33F5N6O3. The number of aromatic nitrogens is 2. The van der Waals surface area contributed by atoms with Gasteiger partial charge in [-0.3, -0.25) is 14.5 Å². The van der Waals surface area contributed by atoms with Crippen LogP contribution in [0, 0.1) is 11.6 Å². The van der Waals surface area contributed by atoms with Crippen LogP contribution in [-0.2, 0) is 10.9 Å². The summed E-state index contributed by atoms with van der Waals surface area (Å²) in [7, 11) is 1.92. The zero-order valence-corrected chi connectivity index (χ0v) is 24.6. The van der Waals surface area contributed by atoms with Crippen LogP contribution in [0.5, 0.6) is 0 Å². The normalized spacial score (nSPS) is 21.4. The number of piperazine rings is 1. The molecule has 4 heterocycles. The van der Waals surface area contributed by atoms with E-state index in [1.54, 1.807) is 11.0 Å². The van der Waals surface area contributed by atoms with Gasteiger partial charge >= 0.3 is 6.18 Å². The molecule has 2 aliphatic rings. The molecule has 2 N–H and O–H groups in total. The lowest BCUT2D eigenvalue weighted by molar-refractivity contribution is -0.138. The number of nitrogens with zero attached hydrogens (tertiary/aromatic N) is 4. The average Bonchev–Trinajstić information content (AvgIpc) is 2.96. The number of halogens is 5. The first kappa shape index (κ1) is 31.4. The molecule has 1 aromatic carbocycles. The highest BCUT2D eigenvalue weighted by molar-refractivity contribution is 6.07. The number of ether oxygens (including phenoxy) is 1. The van der Waals surface area contributed by atoms with E-state index >= 15 is 8.78 Å². The van der Waals surface area contributed by atoms with E-state index in [1.807, 2.05) is 32.7 Å². The quantitative estimate of drug-likeness (QED) is 0.398. The van der Waals surface area contributed by atoms with Crippen LogP contribution >= 0.6 is 0 Å². The summed E-state index contributed by atoms with van der Waals surface area (Å²) in [6.07, 6.45) is -3.12. The Balaban J connectivity index is 1.58. The predicted molar refractivity (Wildman–Crippen MR) is 156 cm³/mol. The average molecular weight is 621 g/mol. The predicted octanol–water partition coefficient (Wildman–Crippen LogP) is 4.74. The summed E-state index contributed by atoms with van der Waals surface area (Å²) in [5, 5.41) is 2.27. The van der Waals surface area contributed by atoms with Gasteiger partial charge in [0, 0.05) is 68.4 Å². The van der Waals surface area contributed by atoms with E-state index < -0.39 is 51.7 Å². The zero-order valence-electron chi connectivity index (χ0n) is 24.6. The minimum absolute atomic E-state index is 0.0147. The summed E-state index contributed by atoms with van der Waals surface area (Å²) in [5.74, 6) is -2.83. The zero-order chi connectivity index (χ0) is 31.9. The number of pyridine rings is 2. The fourth-order valence-electron chi connectivity index (χ4n) is 5.66. The second-order valence-electron chi connectivity index (χ2n) is 11.3. The lowest BCUT2D eigenvalue weighted by Gasteiger charge is -2.44. The molecule has 2 fully saturated rings. The standard InChI is InChI=1S/C30H33F5N6O3/c1-16-13-41(14-17(2)39(16)4)23-10-22(31)26(19-5-6-24(36-11-19)40-7-8-44-18(3)15-40)27(32)28(23)38-29(43)20-12-37-25(42)9-21(20)30(33,34)35/h5-6,9-12,16-18H,7-8,13-15H2,1-4H3,(H,37,42)(H,38,43)/t16-,17+,18-/m1/s1. The molecule has 0 radical (unpaired) electrons. The van der Waals surface area contributed by atoms with E-state index in [2.05, 4.69) is 20.2 Å². The van der Waals surface area contributed by atoms with Crippen LogP contribution in [0.2, 0.25) is 0 Å². The Labute approximate surface area is 250 Å². The van der Waals surface area contributed by atoms with Gasteiger partial charge in [-0.1, -0.05) is 0 Å². The van der Waals surface area contributed by atoms with Crippen molar-refractivity contribution in [1.29, 1.82) is 0 Å². The summed E-state index contributed by atoms with van der Waals surface area (Å²) in [6.45, 7) is 8.15. The smallest absolute Gasteiger partial charge is 0.375 e. The topological polar surface area (TPSA) is 93.8 Å². The van der Waals surface area contributed by atoms with Crippen molar-refractivity contribution in [1.82, 2.24) is 14.9 Å². The Morgan fingerprint density at radius 3 is 2.39 bits per heavy atom. The molecule has 0 saturated carbocycles. The third-order valence-corrected chi connectivity index (χ3v) is 8.21. The third kappa shape index (κ3) is 6.27. The number of hydrogen-bond donors (Lipinski definition) is 2. The molecule has 1 amide bonds. The lowest BCUT2D eigenvalue weighted by atomic mass is 10.0. The minimum Gasteiger partial charge on any atom is -0.375 e. The summed E-state index contributed by atoms with van der Waals surface area (Å²) in [4.78, 5) is 37.2. The number of anilines is 3. The molecule has 3 atom stereocenters. The SMILES string of the molecule is C[C@@H]1CN(c2ccc(-c3c(F)cc(N4C[C@@H](C)N(C)[C@@H](C)C4)c(NC(=O)c4c[nH]c(=O)cc4C(F)(F)F)c3F)cn2)CCO1. The van der Waals surface area contributed by atoms with Gasteiger partial charge in [0.2, 0.25) is 5.56 Å². The van der Waals surface area contributed by atoms with Gasteiger partial charge in [0.1, 0.15) is 17.3 Å². The molecule has 9 nitrogen and oxygen atoms in total. The molecule has 2 aliphatic heterocycles. The van der Waals surface area contributed by atoms with Crippen LogP contribution in [-0.4, -0.2) is 78.8 Å². The molecule has 2 aromatic heterocycles. The van der Waals surface area contributed by atoms with Crippen LogP contribution in [0.25, 0.3) is 11.1 Å². The molecule has 3 aromatic rings. The Bertz CT molecular complexity index is 1580. The Morgan fingerprint density at radius 2 is 1.77 bits per heavy atom. The molecule has 0 spiro atoms. The van der Waals surface area contributed by atoms with Crippen LogP contribution in [0.1, 0.15) is 36.7 Å².